The average Bonchev–Trinajstić information content (AvgIpc) is 2.32. The Morgan fingerprint density at radius 2 is 1.61 bits per heavy atom. The maximum atomic E-state index is 11.3. The number of halogens is 2. The monoisotopic (exact) mass is 369 g/mol. The summed E-state index contributed by atoms with van der Waals surface area (Å²) < 4.78 is 7.43. The summed E-state index contributed by atoms with van der Waals surface area (Å²) in [5.41, 5.74) is 5.65. The van der Waals surface area contributed by atoms with Crippen molar-refractivity contribution in [3.05, 3.63) is 57.0 Å². The van der Waals surface area contributed by atoms with Crippen molar-refractivity contribution in [3.63, 3.8) is 0 Å². The Morgan fingerprint density at radius 3 is 2.22 bits per heavy atom. The first-order valence-electron chi connectivity index (χ1n) is 5.09. The van der Waals surface area contributed by atoms with Crippen LogP contribution >= 0.6 is 31.9 Å². The fraction of sp³-hybridized carbons (Fsp3) is 0. The molecule has 92 valence electrons. The van der Waals surface area contributed by atoms with Gasteiger partial charge in [0.1, 0.15) is 11.5 Å². The zero-order valence-corrected chi connectivity index (χ0v) is 12.4. The lowest BCUT2D eigenvalue weighted by molar-refractivity contribution is 0.0998. The molecular formula is C13H9Br2NO2. The highest BCUT2D eigenvalue weighted by Gasteiger charge is 2.10. The topological polar surface area (TPSA) is 52.3 Å². The summed E-state index contributed by atoms with van der Waals surface area (Å²) >= 11 is 6.67. The zero-order valence-electron chi connectivity index (χ0n) is 9.19. The summed E-state index contributed by atoms with van der Waals surface area (Å²) in [6, 6.07) is 12.4. The highest BCUT2D eigenvalue weighted by atomic mass is 79.9. The Hall–Kier alpha value is -1.33. The van der Waals surface area contributed by atoms with E-state index < -0.39 is 5.91 Å². The van der Waals surface area contributed by atoms with Crippen LogP contribution in [0.15, 0.2) is 51.4 Å². The number of ether oxygens (including phenoxy) is 1. The number of rotatable bonds is 3. The molecule has 2 aromatic rings. The Bertz CT molecular complexity index is 582. The van der Waals surface area contributed by atoms with Crippen molar-refractivity contribution < 1.29 is 9.53 Å². The summed E-state index contributed by atoms with van der Waals surface area (Å²) in [5, 5.41) is 0. The molecule has 0 radical (unpaired) electrons. The van der Waals surface area contributed by atoms with Gasteiger partial charge in [-0.15, -0.1) is 0 Å². The Labute approximate surface area is 121 Å². The molecule has 0 aliphatic rings. The molecule has 0 spiro atoms. The number of hydrogen-bond acceptors (Lipinski definition) is 2. The van der Waals surface area contributed by atoms with Gasteiger partial charge in [0.05, 0.1) is 5.56 Å². The summed E-state index contributed by atoms with van der Waals surface area (Å²) in [4.78, 5) is 11.3. The zero-order chi connectivity index (χ0) is 13.1. The van der Waals surface area contributed by atoms with E-state index in [1.807, 2.05) is 12.1 Å². The minimum absolute atomic E-state index is 0.348. The van der Waals surface area contributed by atoms with E-state index in [0.717, 1.165) is 8.95 Å². The second kappa shape index (κ2) is 5.54. The van der Waals surface area contributed by atoms with Crippen molar-refractivity contribution in [1.29, 1.82) is 0 Å². The number of hydrogen-bond donors (Lipinski definition) is 1. The predicted molar refractivity (Wildman–Crippen MR) is 76.9 cm³/mol. The van der Waals surface area contributed by atoms with Gasteiger partial charge in [-0.2, -0.15) is 0 Å². The molecule has 0 atom stereocenters. The van der Waals surface area contributed by atoms with Crippen LogP contribution < -0.4 is 10.5 Å². The summed E-state index contributed by atoms with van der Waals surface area (Å²) in [7, 11) is 0. The van der Waals surface area contributed by atoms with Crippen molar-refractivity contribution in [2.24, 2.45) is 5.73 Å². The van der Waals surface area contributed by atoms with Gasteiger partial charge >= 0.3 is 0 Å². The van der Waals surface area contributed by atoms with E-state index in [1.165, 1.54) is 0 Å². The van der Waals surface area contributed by atoms with Gasteiger partial charge in [-0.3, -0.25) is 4.79 Å². The van der Waals surface area contributed by atoms with Gasteiger partial charge in [0, 0.05) is 8.95 Å². The van der Waals surface area contributed by atoms with Crippen LogP contribution in [0, 0.1) is 0 Å². The molecule has 0 fully saturated rings. The number of primary amides is 1. The van der Waals surface area contributed by atoms with Crippen LogP contribution in [-0.2, 0) is 0 Å². The van der Waals surface area contributed by atoms with Gasteiger partial charge in [-0.1, -0.05) is 31.9 Å². The quantitative estimate of drug-likeness (QED) is 0.884. The first-order chi connectivity index (χ1) is 8.56. The average molecular weight is 371 g/mol. The van der Waals surface area contributed by atoms with E-state index in [4.69, 9.17) is 10.5 Å². The molecule has 0 aromatic heterocycles. The molecule has 18 heavy (non-hydrogen) atoms. The van der Waals surface area contributed by atoms with Gasteiger partial charge in [0.25, 0.3) is 5.91 Å². The van der Waals surface area contributed by atoms with Crippen LogP contribution in [0.1, 0.15) is 10.4 Å². The number of carbonyl (C=O) groups is 1. The first kappa shape index (κ1) is 13.1. The molecule has 1 amide bonds. The van der Waals surface area contributed by atoms with E-state index in [9.17, 15) is 4.79 Å². The van der Waals surface area contributed by atoms with Gasteiger partial charge in [-0.25, -0.2) is 0 Å². The second-order valence-electron chi connectivity index (χ2n) is 3.56. The molecule has 0 saturated carbocycles. The molecule has 3 nitrogen and oxygen atoms in total. The van der Waals surface area contributed by atoms with Gasteiger partial charge in [0.15, 0.2) is 0 Å². The highest BCUT2D eigenvalue weighted by molar-refractivity contribution is 9.10. The third kappa shape index (κ3) is 3.11. The van der Waals surface area contributed by atoms with Crippen molar-refractivity contribution >= 4 is 37.8 Å². The Balaban J connectivity index is 2.35. The van der Waals surface area contributed by atoms with Crippen LogP contribution in [0.3, 0.4) is 0 Å². The molecule has 5 heteroatoms. The summed E-state index contributed by atoms with van der Waals surface area (Å²) in [6.45, 7) is 0. The van der Waals surface area contributed by atoms with E-state index in [-0.39, 0.29) is 0 Å². The largest absolute Gasteiger partial charge is 0.456 e. The fourth-order valence-corrected chi connectivity index (χ4v) is 2.02. The molecule has 0 bridgehead atoms. The number of benzene rings is 2. The van der Waals surface area contributed by atoms with Gasteiger partial charge in [0.2, 0.25) is 0 Å². The Morgan fingerprint density at radius 1 is 1.00 bits per heavy atom. The fourth-order valence-electron chi connectivity index (χ4n) is 1.41. The minimum Gasteiger partial charge on any atom is -0.456 e. The maximum absolute atomic E-state index is 11.3. The highest BCUT2D eigenvalue weighted by Crippen LogP contribution is 2.29. The van der Waals surface area contributed by atoms with E-state index in [0.29, 0.717) is 17.1 Å². The number of nitrogens with two attached hydrogens (primary N) is 1. The number of amides is 1. The number of carbonyl (C=O) groups excluding carboxylic acids is 1. The molecule has 0 heterocycles. The van der Waals surface area contributed by atoms with Crippen molar-refractivity contribution in [2.75, 3.05) is 0 Å². The first-order valence-corrected chi connectivity index (χ1v) is 6.67. The SMILES string of the molecule is NC(=O)c1ccc(Br)cc1Oc1ccc(Br)cc1. The normalized spacial score (nSPS) is 10.1. The van der Waals surface area contributed by atoms with Gasteiger partial charge < -0.3 is 10.5 Å². The predicted octanol–water partition coefficient (Wildman–Crippen LogP) is 4.10. The molecule has 2 rings (SSSR count). The van der Waals surface area contributed by atoms with Crippen molar-refractivity contribution in [1.82, 2.24) is 0 Å². The Kier molecular flexibility index (Phi) is 4.04. The molecule has 2 aromatic carbocycles. The minimum atomic E-state index is -0.519. The third-order valence-electron chi connectivity index (χ3n) is 2.25. The van der Waals surface area contributed by atoms with E-state index in [1.54, 1.807) is 30.3 Å². The lowest BCUT2D eigenvalue weighted by Gasteiger charge is -2.09. The molecular weight excluding hydrogens is 362 g/mol. The summed E-state index contributed by atoms with van der Waals surface area (Å²) in [6.07, 6.45) is 0. The summed E-state index contributed by atoms with van der Waals surface area (Å²) in [5.74, 6) is 0.549. The molecule has 2 N–H and O–H groups in total. The molecule has 0 unspecified atom stereocenters. The maximum Gasteiger partial charge on any atom is 0.252 e. The standard InChI is InChI=1S/C13H9Br2NO2/c14-8-1-4-10(5-2-8)18-12-7-9(15)3-6-11(12)13(16)17/h1-7H,(H2,16,17). The molecule has 0 aliphatic heterocycles. The van der Waals surface area contributed by atoms with Crippen LogP contribution in [0.25, 0.3) is 0 Å². The van der Waals surface area contributed by atoms with E-state index >= 15 is 0 Å². The smallest absolute Gasteiger partial charge is 0.252 e. The third-order valence-corrected chi connectivity index (χ3v) is 3.27. The van der Waals surface area contributed by atoms with Crippen LogP contribution in [0.2, 0.25) is 0 Å². The second-order valence-corrected chi connectivity index (χ2v) is 5.39. The molecule has 0 saturated heterocycles. The van der Waals surface area contributed by atoms with Crippen LogP contribution in [0.5, 0.6) is 11.5 Å². The van der Waals surface area contributed by atoms with E-state index in [2.05, 4.69) is 31.9 Å². The molecule has 0 aliphatic carbocycles. The van der Waals surface area contributed by atoms with Crippen molar-refractivity contribution in [3.8, 4) is 11.5 Å². The van der Waals surface area contributed by atoms with Gasteiger partial charge in [-0.05, 0) is 42.5 Å². The lowest BCUT2D eigenvalue weighted by Crippen LogP contribution is -2.12. The lowest BCUT2D eigenvalue weighted by atomic mass is 10.2. The van der Waals surface area contributed by atoms with Crippen LogP contribution in [-0.4, -0.2) is 5.91 Å². The van der Waals surface area contributed by atoms with Crippen molar-refractivity contribution in [2.45, 2.75) is 0 Å². The van der Waals surface area contributed by atoms with Crippen LogP contribution in [0.4, 0.5) is 0 Å².